The average Bonchev–Trinajstić information content (AvgIpc) is 3.35. The van der Waals surface area contributed by atoms with Crippen LogP contribution in [0.2, 0.25) is 0 Å². The predicted octanol–water partition coefficient (Wildman–Crippen LogP) is 3.51. The number of carbonyl (C=O) groups is 1. The molecule has 2 saturated carbocycles. The molecule has 1 N–H and O–H groups in total. The van der Waals surface area contributed by atoms with E-state index >= 15 is 0 Å². The van der Waals surface area contributed by atoms with Crippen LogP contribution >= 0.6 is 0 Å². The number of nitrogens with zero attached hydrogens (tertiary/aromatic N) is 1. The largest absolute Gasteiger partial charge is 0.475 e. The first-order valence-corrected chi connectivity index (χ1v) is 7.69. The smallest absolute Gasteiger partial charge is 0.371 e. The van der Waals surface area contributed by atoms with Crippen molar-refractivity contribution in [1.82, 2.24) is 4.90 Å². The number of benzene rings is 1. The van der Waals surface area contributed by atoms with Gasteiger partial charge < -0.3 is 9.52 Å². The number of furan rings is 1. The second-order valence-electron chi connectivity index (χ2n) is 6.39. The van der Waals surface area contributed by atoms with Crippen molar-refractivity contribution in [2.24, 2.45) is 5.92 Å². The highest BCUT2D eigenvalue weighted by Gasteiger charge is 2.33. The maximum absolute atomic E-state index is 11.0. The van der Waals surface area contributed by atoms with Crippen LogP contribution in [0.15, 0.2) is 28.7 Å². The van der Waals surface area contributed by atoms with Gasteiger partial charge in [0, 0.05) is 24.5 Å². The Labute approximate surface area is 123 Å². The van der Waals surface area contributed by atoms with Gasteiger partial charge in [-0.05, 0) is 55.4 Å². The van der Waals surface area contributed by atoms with Gasteiger partial charge >= 0.3 is 5.97 Å². The van der Waals surface area contributed by atoms with E-state index in [-0.39, 0.29) is 5.76 Å². The molecule has 1 heterocycles. The van der Waals surface area contributed by atoms with Gasteiger partial charge in [-0.25, -0.2) is 4.79 Å². The van der Waals surface area contributed by atoms with Crippen molar-refractivity contribution in [1.29, 1.82) is 0 Å². The molecule has 0 saturated heterocycles. The summed E-state index contributed by atoms with van der Waals surface area (Å²) in [6.45, 7) is 2.18. The van der Waals surface area contributed by atoms with E-state index in [1.54, 1.807) is 6.07 Å². The molecule has 0 spiro atoms. The van der Waals surface area contributed by atoms with Crippen LogP contribution in [0.1, 0.15) is 41.8 Å². The Morgan fingerprint density at radius 2 is 2.05 bits per heavy atom. The minimum atomic E-state index is -1.01. The normalized spacial score (nSPS) is 18.5. The first-order chi connectivity index (χ1) is 10.2. The lowest BCUT2D eigenvalue weighted by Crippen LogP contribution is -2.27. The highest BCUT2D eigenvalue weighted by Crippen LogP contribution is 2.36. The Bertz CT molecular complexity index is 682. The SMILES string of the molecule is O=C(O)c1cc2cc(CN(CC3CC3)C3CC3)ccc2o1. The molecule has 2 fully saturated rings. The third kappa shape index (κ3) is 2.81. The van der Waals surface area contributed by atoms with Crippen molar-refractivity contribution in [2.75, 3.05) is 6.54 Å². The second-order valence-corrected chi connectivity index (χ2v) is 6.39. The van der Waals surface area contributed by atoms with E-state index in [1.165, 1.54) is 37.8 Å². The standard InChI is InChI=1S/C17H19NO3/c19-17(20)16-8-13-7-12(3-6-15(13)21-16)10-18(14-4-5-14)9-11-1-2-11/h3,6-8,11,14H,1-2,4-5,9-10H2,(H,19,20). The molecule has 1 aromatic carbocycles. The topological polar surface area (TPSA) is 53.7 Å². The Hall–Kier alpha value is -1.81. The number of aromatic carboxylic acids is 1. The number of carboxylic acids is 1. The Morgan fingerprint density at radius 3 is 2.71 bits per heavy atom. The summed E-state index contributed by atoms with van der Waals surface area (Å²) in [5.74, 6) is -0.0952. The molecular weight excluding hydrogens is 266 g/mol. The fourth-order valence-electron chi connectivity index (χ4n) is 2.95. The van der Waals surface area contributed by atoms with E-state index < -0.39 is 5.97 Å². The predicted molar refractivity (Wildman–Crippen MR) is 79.3 cm³/mol. The van der Waals surface area contributed by atoms with Crippen molar-refractivity contribution in [2.45, 2.75) is 38.3 Å². The van der Waals surface area contributed by atoms with Crippen LogP contribution in [0.4, 0.5) is 0 Å². The van der Waals surface area contributed by atoms with Crippen molar-refractivity contribution >= 4 is 16.9 Å². The quantitative estimate of drug-likeness (QED) is 0.882. The molecule has 0 aliphatic heterocycles. The van der Waals surface area contributed by atoms with Gasteiger partial charge in [0.15, 0.2) is 0 Å². The van der Waals surface area contributed by atoms with Crippen LogP contribution < -0.4 is 0 Å². The first kappa shape index (κ1) is 12.9. The molecule has 2 aromatic rings. The van der Waals surface area contributed by atoms with Crippen molar-refractivity contribution in [3.8, 4) is 0 Å². The van der Waals surface area contributed by atoms with E-state index in [1.807, 2.05) is 6.07 Å². The zero-order valence-electron chi connectivity index (χ0n) is 11.9. The number of rotatable bonds is 6. The lowest BCUT2D eigenvalue weighted by atomic mass is 10.1. The third-order valence-electron chi connectivity index (χ3n) is 4.43. The van der Waals surface area contributed by atoms with Gasteiger partial charge in [-0.1, -0.05) is 6.07 Å². The summed E-state index contributed by atoms with van der Waals surface area (Å²) >= 11 is 0. The fourth-order valence-corrected chi connectivity index (χ4v) is 2.95. The number of hydrogen-bond donors (Lipinski definition) is 1. The Morgan fingerprint density at radius 1 is 1.24 bits per heavy atom. The van der Waals surface area contributed by atoms with Gasteiger partial charge in [-0.3, -0.25) is 4.90 Å². The lowest BCUT2D eigenvalue weighted by Gasteiger charge is -2.21. The van der Waals surface area contributed by atoms with Gasteiger partial charge in [0.25, 0.3) is 0 Å². The van der Waals surface area contributed by atoms with Crippen molar-refractivity contribution < 1.29 is 14.3 Å². The molecular formula is C17H19NO3. The molecule has 4 nitrogen and oxygen atoms in total. The highest BCUT2D eigenvalue weighted by atomic mass is 16.4. The van der Waals surface area contributed by atoms with Gasteiger partial charge in [-0.2, -0.15) is 0 Å². The van der Waals surface area contributed by atoms with Gasteiger partial charge in [0.2, 0.25) is 5.76 Å². The summed E-state index contributed by atoms with van der Waals surface area (Å²) in [5, 5.41) is 9.87. The van der Waals surface area contributed by atoms with Crippen LogP contribution in [0, 0.1) is 5.92 Å². The molecule has 0 amide bonds. The summed E-state index contributed by atoms with van der Waals surface area (Å²) in [4.78, 5) is 13.6. The van der Waals surface area contributed by atoms with Gasteiger partial charge in [-0.15, -0.1) is 0 Å². The number of fused-ring (bicyclic) bond motifs is 1. The lowest BCUT2D eigenvalue weighted by molar-refractivity contribution is 0.0665. The monoisotopic (exact) mass is 285 g/mol. The molecule has 110 valence electrons. The molecule has 0 radical (unpaired) electrons. The van der Waals surface area contributed by atoms with Crippen LogP contribution in [0.25, 0.3) is 11.0 Å². The van der Waals surface area contributed by atoms with Crippen LogP contribution in [-0.4, -0.2) is 28.6 Å². The maximum atomic E-state index is 11.0. The van der Waals surface area contributed by atoms with E-state index in [0.29, 0.717) is 5.58 Å². The van der Waals surface area contributed by atoms with Crippen LogP contribution in [0.3, 0.4) is 0 Å². The molecule has 1 aromatic heterocycles. The van der Waals surface area contributed by atoms with E-state index in [4.69, 9.17) is 9.52 Å². The summed E-state index contributed by atoms with van der Waals surface area (Å²) in [7, 11) is 0. The zero-order chi connectivity index (χ0) is 14.4. The fraction of sp³-hybridized carbons (Fsp3) is 0.471. The van der Waals surface area contributed by atoms with E-state index in [0.717, 1.165) is 23.9 Å². The Kier molecular flexibility index (Phi) is 3.00. The number of hydrogen-bond acceptors (Lipinski definition) is 3. The molecule has 4 rings (SSSR count). The Balaban J connectivity index is 1.55. The summed E-state index contributed by atoms with van der Waals surface area (Å²) in [5.41, 5.74) is 1.89. The minimum Gasteiger partial charge on any atom is -0.475 e. The summed E-state index contributed by atoms with van der Waals surface area (Å²) in [6, 6.07) is 8.39. The molecule has 0 bridgehead atoms. The van der Waals surface area contributed by atoms with Crippen molar-refractivity contribution in [3.05, 3.63) is 35.6 Å². The molecule has 2 aliphatic rings. The van der Waals surface area contributed by atoms with Crippen LogP contribution in [-0.2, 0) is 6.54 Å². The highest BCUT2D eigenvalue weighted by molar-refractivity contribution is 5.91. The molecule has 0 atom stereocenters. The summed E-state index contributed by atoms with van der Waals surface area (Å²) < 4.78 is 5.31. The maximum Gasteiger partial charge on any atom is 0.371 e. The van der Waals surface area contributed by atoms with E-state index in [2.05, 4.69) is 17.0 Å². The van der Waals surface area contributed by atoms with Crippen molar-refractivity contribution in [3.63, 3.8) is 0 Å². The minimum absolute atomic E-state index is 0.0131. The summed E-state index contributed by atoms with van der Waals surface area (Å²) in [6.07, 6.45) is 5.41. The number of carboxylic acid groups (broad SMARTS) is 1. The second kappa shape index (κ2) is 4.88. The van der Waals surface area contributed by atoms with Gasteiger partial charge in [0.05, 0.1) is 0 Å². The average molecular weight is 285 g/mol. The molecule has 2 aliphatic carbocycles. The molecule has 0 unspecified atom stereocenters. The third-order valence-corrected chi connectivity index (χ3v) is 4.43. The first-order valence-electron chi connectivity index (χ1n) is 7.69. The molecule has 21 heavy (non-hydrogen) atoms. The molecule has 4 heteroatoms. The zero-order valence-corrected chi connectivity index (χ0v) is 11.9. The van der Waals surface area contributed by atoms with Gasteiger partial charge in [0.1, 0.15) is 5.58 Å². The van der Waals surface area contributed by atoms with E-state index in [9.17, 15) is 4.79 Å². The van der Waals surface area contributed by atoms with Crippen LogP contribution in [0.5, 0.6) is 0 Å².